The molecule has 5 nitrogen and oxygen atoms in total. The fourth-order valence-electron chi connectivity index (χ4n) is 3.85. The van der Waals surface area contributed by atoms with E-state index in [1.807, 2.05) is 18.2 Å². The Labute approximate surface area is 156 Å². The standard InChI is InChI=1S/C21H22FN3O2/c1-27-19-9-7-15(22)12-17(19)14-6-8-16-18(11-14)24-25-21(16)23-20(26)10-13-4-2-3-5-13/h6-9,11-13H,2-5,10H2,1H3,(H2,23,24,25,26). The second kappa shape index (κ2) is 7.39. The number of hydrogen-bond acceptors (Lipinski definition) is 3. The van der Waals surface area contributed by atoms with Crippen molar-refractivity contribution in [1.82, 2.24) is 10.2 Å². The normalized spacial score (nSPS) is 14.6. The number of benzene rings is 2. The van der Waals surface area contributed by atoms with Gasteiger partial charge in [0.15, 0.2) is 5.82 Å². The summed E-state index contributed by atoms with van der Waals surface area (Å²) >= 11 is 0. The van der Waals surface area contributed by atoms with Crippen molar-refractivity contribution < 1.29 is 13.9 Å². The van der Waals surface area contributed by atoms with Crippen LogP contribution >= 0.6 is 0 Å². The second-order valence-corrected chi connectivity index (χ2v) is 7.08. The molecule has 0 bridgehead atoms. The highest BCUT2D eigenvalue weighted by Crippen LogP contribution is 2.34. The van der Waals surface area contributed by atoms with E-state index in [9.17, 15) is 9.18 Å². The minimum atomic E-state index is -0.324. The molecular weight excluding hydrogens is 345 g/mol. The molecule has 6 heteroatoms. The van der Waals surface area contributed by atoms with E-state index in [0.29, 0.717) is 29.5 Å². The van der Waals surface area contributed by atoms with Crippen LogP contribution in [0.5, 0.6) is 5.75 Å². The third-order valence-corrected chi connectivity index (χ3v) is 5.24. The third kappa shape index (κ3) is 3.65. The average molecular weight is 367 g/mol. The van der Waals surface area contributed by atoms with Crippen LogP contribution in [0.1, 0.15) is 32.1 Å². The number of nitrogens with one attached hydrogen (secondary N) is 2. The smallest absolute Gasteiger partial charge is 0.225 e. The number of aromatic nitrogens is 2. The van der Waals surface area contributed by atoms with Gasteiger partial charge in [0, 0.05) is 17.4 Å². The van der Waals surface area contributed by atoms with Crippen LogP contribution < -0.4 is 10.1 Å². The number of ether oxygens (including phenoxy) is 1. The highest BCUT2D eigenvalue weighted by Gasteiger charge is 2.19. The number of anilines is 1. The lowest BCUT2D eigenvalue weighted by molar-refractivity contribution is -0.117. The van der Waals surface area contributed by atoms with Gasteiger partial charge in [-0.2, -0.15) is 5.10 Å². The van der Waals surface area contributed by atoms with Crippen molar-refractivity contribution in [3.05, 3.63) is 42.2 Å². The van der Waals surface area contributed by atoms with Crippen molar-refractivity contribution >= 4 is 22.6 Å². The fraction of sp³-hybridized carbons (Fsp3) is 0.333. The Kier molecular flexibility index (Phi) is 4.79. The zero-order valence-electron chi connectivity index (χ0n) is 15.2. The van der Waals surface area contributed by atoms with Gasteiger partial charge in [0.05, 0.1) is 12.6 Å². The van der Waals surface area contributed by atoms with Crippen molar-refractivity contribution in [2.24, 2.45) is 5.92 Å². The molecule has 0 unspecified atom stereocenters. The Bertz CT molecular complexity index is 977. The van der Waals surface area contributed by atoms with Crippen LogP contribution in [-0.2, 0) is 4.79 Å². The van der Waals surface area contributed by atoms with E-state index >= 15 is 0 Å². The number of amides is 1. The molecule has 1 aromatic heterocycles. The van der Waals surface area contributed by atoms with Crippen LogP contribution in [0.4, 0.5) is 10.2 Å². The Hall–Kier alpha value is -2.89. The van der Waals surface area contributed by atoms with Gasteiger partial charge in [-0.05, 0) is 54.7 Å². The second-order valence-electron chi connectivity index (χ2n) is 7.08. The predicted octanol–water partition coefficient (Wildman–Crippen LogP) is 4.90. The van der Waals surface area contributed by atoms with Gasteiger partial charge in [-0.25, -0.2) is 4.39 Å². The number of methoxy groups -OCH3 is 1. The molecular formula is C21H22FN3O2. The van der Waals surface area contributed by atoms with Crippen LogP contribution in [0.25, 0.3) is 22.0 Å². The van der Waals surface area contributed by atoms with Crippen LogP contribution in [0.2, 0.25) is 0 Å². The number of carbonyl (C=O) groups is 1. The number of fused-ring (bicyclic) bond motifs is 1. The van der Waals surface area contributed by atoms with Gasteiger partial charge in [-0.1, -0.05) is 18.9 Å². The molecule has 1 amide bonds. The van der Waals surface area contributed by atoms with Crippen molar-refractivity contribution in [3.8, 4) is 16.9 Å². The van der Waals surface area contributed by atoms with Crippen LogP contribution in [0.3, 0.4) is 0 Å². The van der Waals surface area contributed by atoms with Gasteiger partial charge in [-0.15, -0.1) is 0 Å². The number of H-pyrrole nitrogens is 1. The van der Waals surface area contributed by atoms with Gasteiger partial charge in [0.2, 0.25) is 5.91 Å². The summed E-state index contributed by atoms with van der Waals surface area (Å²) in [6, 6.07) is 10.1. The maximum absolute atomic E-state index is 13.7. The topological polar surface area (TPSA) is 67.0 Å². The van der Waals surface area contributed by atoms with Crippen molar-refractivity contribution in [1.29, 1.82) is 0 Å². The molecule has 0 saturated heterocycles. The van der Waals surface area contributed by atoms with Gasteiger partial charge < -0.3 is 10.1 Å². The van der Waals surface area contributed by atoms with E-state index in [4.69, 9.17) is 4.74 Å². The fourth-order valence-corrected chi connectivity index (χ4v) is 3.85. The molecule has 0 aliphatic heterocycles. The minimum absolute atomic E-state index is 0.00572. The van der Waals surface area contributed by atoms with E-state index in [1.165, 1.54) is 25.0 Å². The average Bonchev–Trinajstić information content (AvgIpc) is 3.31. The summed E-state index contributed by atoms with van der Waals surface area (Å²) in [5.74, 6) is 1.30. The molecule has 1 fully saturated rings. The SMILES string of the molecule is COc1ccc(F)cc1-c1ccc2c(NC(=O)CC3CCCC3)n[nH]c2c1. The molecule has 1 saturated carbocycles. The largest absolute Gasteiger partial charge is 0.496 e. The number of hydrogen-bond donors (Lipinski definition) is 2. The molecule has 0 spiro atoms. The first-order valence-corrected chi connectivity index (χ1v) is 9.26. The molecule has 1 aliphatic carbocycles. The summed E-state index contributed by atoms with van der Waals surface area (Å²) in [4.78, 5) is 12.3. The first-order chi connectivity index (χ1) is 13.1. The van der Waals surface area contributed by atoms with E-state index in [1.54, 1.807) is 13.2 Å². The summed E-state index contributed by atoms with van der Waals surface area (Å²) in [6.07, 6.45) is 5.25. The summed E-state index contributed by atoms with van der Waals surface area (Å²) in [5.41, 5.74) is 2.25. The zero-order valence-corrected chi connectivity index (χ0v) is 15.2. The zero-order chi connectivity index (χ0) is 18.8. The first-order valence-electron chi connectivity index (χ1n) is 9.26. The van der Waals surface area contributed by atoms with Crippen LogP contribution in [0, 0.1) is 11.7 Å². The molecule has 0 atom stereocenters. The number of carbonyl (C=O) groups excluding carboxylic acids is 1. The lowest BCUT2D eigenvalue weighted by Gasteiger charge is -2.09. The monoisotopic (exact) mass is 367 g/mol. The minimum Gasteiger partial charge on any atom is -0.496 e. The lowest BCUT2D eigenvalue weighted by atomic mass is 10.0. The molecule has 1 heterocycles. The van der Waals surface area contributed by atoms with Crippen molar-refractivity contribution in [2.75, 3.05) is 12.4 Å². The number of halogens is 1. The van der Waals surface area contributed by atoms with Gasteiger partial charge in [0.1, 0.15) is 11.6 Å². The molecule has 4 rings (SSSR count). The van der Waals surface area contributed by atoms with Crippen molar-refractivity contribution in [3.63, 3.8) is 0 Å². The summed E-state index contributed by atoms with van der Waals surface area (Å²) in [7, 11) is 1.56. The molecule has 140 valence electrons. The van der Waals surface area contributed by atoms with Crippen molar-refractivity contribution in [2.45, 2.75) is 32.1 Å². The predicted molar refractivity (Wildman–Crippen MR) is 103 cm³/mol. The maximum atomic E-state index is 13.7. The lowest BCUT2D eigenvalue weighted by Crippen LogP contribution is -2.15. The Morgan fingerprint density at radius 1 is 1.26 bits per heavy atom. The van der Waals surface area contributed by atoms with Gasteiger partial charge in [0.25, 0.3) is 0 Å². The Balaban J connectivity index is 1.58. The number of rotatable bonds is 5. The van der Waals surface area contributed by atoms with Gasteiger partial charge >= 0.3 is 0 Å². The summed E-state index contributed by atoms with van der Waals surface area (Å²) in [5, 5.41) is 10.9. The van der Waals surface area contributed by atoms with E-state index in [0.717, 1.165) is 29.3 Å². The molecule has 2 aromatic carbocycles. The highest BCUT2D eigenvalue weighted by molar-refractivity contribution is 6.00. The van der Waals surface area contributed by atoms with E-state index in [2.05, 4.69) is 15.5 Å². The first kappa shape index (κ1) is 17.5. The highest BCUT2D eigenvalue weighted by atomic mass is 19.1. The maximum Gasteiger partial charge on any atom is 0.225 e. The molecule has 1 aliphatic rings. The molecule has 2 N–H and O–H groups in total. The quantitative estimate of drug-likeness (QED) is 0.674. The Morgan fingerprint density at radius 2 is 2.07 bits per heavy atom. The van der Waals surface area contributed by atoms with E-state index < -0.39 is 0 Å². The Morgan fingerprint density at radius 3 is 2.85 bits per heavy atom. The van der Waals surface area contributed by atoms with Crippen LogP contribution in [-0.4, -0.2) is 23.2 Å². The summed E-state index contributed by atoms with van der Waals surface area (Å²) in [6.45, 7) is 0. The molecule has 27 heavy (non-hydrogen) atoms. The number of nitrogens with zero attached hydrogens (tertiary/aromatic N) is 1. The van der Waals surface area contributed by atoms with Gasteiger partial charge in [-0.3, -0.25) is 9.89 Å². The van der Waals surface area contributed by atoms with E-state index in [-0.39, 0.29) is 11.7 Å². The number of aromatic amines is 1. The third-order valence-electron chi connectivity index (χ3n) is 5.24. The van der Waals surface area contributed by atoms with Crippen LogP contribution in [0.15, 0.2) is 36.4 Å². The summed E-state index contributed by atoms with van der Waals surface area (Å²) < 4.78 is 19.0. The molecule has 3 aromatic rings. The molecule has 0 radical (unpaired) electrons.